The van der Waals surface area contributed by atoms with Crippen LogP contribution in [0, 0.1) is 0 Å². The second-order valence-corrected chi connectivity index (χ2v) is 7.95. The number of rotatable bonds is 2. The van der Waals surface area contributed by atoms with Gasteiger partial charge in [-0.2, -0.15) is 0 Å². The van der Waals surface area contributed by atoms with Crippen LogP contribution < -0.4 is 0 Å². The molecule has 2 aromatic rings. The fraction of sp³-hybridized carbons (Fsp3) is 0.294. The van der Waals surface area contributed by atoms with Gasteiger partial charge in [0.15, 0.2) is 0 Å². The Morgan fingerprint density at radius 1 is 1.23 bits per heavy atom. The molecule has 0 spiro atoms. The number of nitrogens with zero attached hydrogens (tertiary/aromatic N) is 1. The molecular formula is C17H17Cl2NOS. The topological polar surface area (TPSA) is 20.3 Å². The van der Waals surface area contributed by atoms with Crippen LogP contribution in [0.1, 0.15) is 22.6 Å². The minimum Gasteiger partial charge on any atom is -0.301 e. The Morgan fingerprint density at radius 2 is 2.00 bits per heavy atom. The molecule has 0 aliphatic carbocycles. The highest BCUT2D eigenvalue weighted by molar-refractivity contribution is 7.84. The maximum atomic E-state index is 11.8. The Bertz CT molecular complexity index is 747. The van der Waals surface area contributed by atoms with Crippen LogP contribution in [0.15, 0.2) is 41.3 Å². The van der Waals surface area contributed by atoms with Crippen LogP contribution in [0.5, 0.6) is 0 Å². The highest BCUT2D eigenvalue weighted by Crippen LogP contribution is 2.38. The van der Waals surface area contributed by atoms with Crippen molar-refractivity contribution in [3.8, 4) is 0 Å². The third-order valence-electron chi connectivity index (χ3n) is 4.08. The number of benzene rings is 2. The lowest BCUT2D eigenvalue weighted by atomic mass is 9.85. The SMILES string of the molecule is CN1Cc2c(Cl)cc(Cl)cc2C(c2cccc(S(C)=O)c2)C1. The summed E-state index contributed by atoms with van der Waals surface area (Å²) in [5.74, 6) is 0.188. The van der Waals surface area contributed by atoms with E-state index in [1.807, 2.05) is 24.3 Å². The van der Waals surface area contributed by atoms with Crippen LogP contribution >= 0.6 is 23.2 Å². The molecule has 2 atom stereocenters. The van der Waals surface area contributed by atoms with Gasteiger partial charge in [-0.3, -0.25) is 4.21 Å². The Labute approximate surface area is 143 Å². The second-order valence-electron chi connectivity index (χ2n) is 5.73. The fourth-order valence-electron chi connectivity index (χ4n) is 3.04. The first kappa shape index (κ1) is 16.0. The summed E-state index contributed by atoms with van der Waals surface area (Å²) in [4.78, 5) is 3.10. The first-order valence-corrected chi connectivity index (χ1v) is 9.37. The highest BCUT2D eigenvalue weighted by Gasteiger charge is 2.27. The summed E-state index contributed by atoms with van der Waals surface area (Å²) >= 11 is 12.6. The summed E-state index contributed by atoms with van der Waals surface area (Å²) in [5, 5.41) is 1.38. The molecule has 2 unspecified atom stereocenters. The van der Waals surface area contributed by atoms with E-state index < -0.39 is 10.8 Å². The van der Waals surface area contributed by atoms with Crippen LogP contribution in [-0.2, 0) is 17.3 Å². The number of halogens is 2. The Balaban J connectivity index is 2.13. The Hall–Kier alpha value is -0.870. The van der Waals surface area contributed by atoms with Crippen molar-refractivity contribution in [2.75, 3.05) is 19.8 Å². The van der Waals surface area contributed by atoms with Gasteiger partial charge in [0, 0.05) is 51.0 Å². The van der Waals surface area contributed by atoms with Gasteiger partial charge in [0.1, 0.15) is 0 Å². The molecule has 0 fully saturated rings. The molecule has 116 valence electrons. The summed E-state index contributed by atoms with van der Waals surface area (Å²) in [7, 11) is 1.10. The fourth-order valence-corrected chi connectivity index (χ4v) is 4.18. The van der Waals surface area contributed by atoms with E-state index in [1.165, 1.54) is 5.56 Å². The van der Waals surface area contributed by atoms with Gasteiger partial charge >= 0.3 is 0 Å². The molecule has 22 heavy (non-hydrogen) atoms. The van der Waals surface area contributed by atoms with E-state index in [9.17, 15) is 4.21 Å². The van der Waals surface area contributed by atoms with E-state index in [0.717, 1.165) is 29.1 Å². The third-order valence-corrected chi connectivity index (χ3v) is 5.56. The third kappa shape index (κ3) is 3.09. The molecule has 0 aromatic heterocycles. The summed E-state index contributed by atoms with van der Waals surface area (Å²) in [5.41, 5.74) is 3.46. The van der Waals surface area contributed by atoms with Crippen molar-refractivity contribution in [3.63, 3.8) is 0 Å². The normalized spacial score (nSPS) is 19.7. The lowest BCUT2D eigenvalue weighted by Gasteiger charge is -2.33. The average molecular weight is 354 g/mol. The Kier molecular flexibility index (Phi) is 4.60. The molecule has 5 heteroatoms. The lowest BCUT2D eigenvalue weighted by Crippen LogP contribution is -2.31. The molecule has 3 rings (SSSR count). The van der Waals surface area contributed by atoms with Gasteiger partial charge in [-0.25, -0.2) is 0 Å². The summed E-state index contributed by atoms with van der Waals surface area (Å²) < 4.78 is 11.8. The molecule has 0 N–H and O–H groups in total. The van der Waals surface area contributed by atoms with Gasteiger partial charge in [0.2, 0.25) is 0 Å². The number of hydrogen-bond acceptors (Lipinski definition) is 2. The zero-order chi connectivity index (χ0) is 15.9. The van der Waals surface area contributed by atoms with Crippen LogP contribution in [0.2, 0.25) is 10.0 Å². The first-order chi connectivity index (χ1) is 10.5. The molecule has 1 aliphatic rings. The number of fused-ring (bicyclic) bond motifs is 1. The molecule has 0 saturated carbocycles. The molecule has 2 aromatic carbocycles. The lowest BCUT2D eigenvalue weighted by molar-refractivity contribution is 0.295. The smallest absolute Gasteiger partial charge is 0.0498 e. The van der Waals surface area contributed by atoms with Gasteiger partial charge in [-0.05, 0) is 48.0 Å². The quantitative estimate of drug-likeness (QED) is 0.801. The van der Waals surface area contributed by atoms with E-state index in [2.05, 4.69) is 18.0 Å². The minimum absolute atomic E-state index is 0.188. The van der Waals surface area contributed by atoms with E-state index in [-0.39, 0.29) is 5.92 Å². The van der Waals surface area contributed by atoms with Gasteiger partial charge in [-0.1, -0.05) is 35.3 Å². The zero-order valence-corrected chi connectivity index (χ0v) is 14.8. The molecule has 0 amide bonds. The summed E-state index contributed by atoms with van der Waals surface area (Å²) in [6.07, 6.45) is 1.70. The van der Waals surface area contributed by atoms with Crippen molar-refractivity contribution in [1.82, 2.24) is 4.90 Å². The molecule has 1 aliphatic heterocycles. The van der Waals surface area contributed by atoms with Crippen LogP contribution in [0.3, 0.4) is 0 Å². The highest BCUT2D eigenvalue weighted by atomic mass is 35.5. The molecular weight excluding hydrogens is 337 g/mol. The van der Waals surface area contributed by atoms with Gasteiger partial charge in [-0.15, -0.1) is 0 Å². The monoisotopic (exact) mass is 353 g/mol. The molecule has 0 radical (unpaired) electrons. The largest absolute Gasteiger partial charge is 0.301 e. The van der Waals surface area contributed by atoms with Gasteiger partial charge < -0.3 is 4.90 Å². The van der Waals surface area contributed by atoms with E-state index in [1.54, 1.807) is 12.3 Å². The predicted molar refractivity (Wildman–Crippen MR) is 93.4 cm³/mol. The van der Waals surface area contributed by atoms with Crippen LogP contribution in [0.25, 0.3) is 0 Å². The maximum Gasteiger partial charge on any atom is 0.0498 e. The van der Waals surface area contributed by atoms with E-state index >= 15 is 0 Å². The predicted octanol–water partition coefficient (Wildman–Crippen LogP) is 4.31. The van der Waals surface area contributed by atoms with Gasteiger partial charge in [0.05, 0.1) is 0 Å². The summed E-state index contributed by atoms with van der Waals surface area (Å²) in [6.45, 7) is 1.71. The van der Waals surface area contributed by atoms with E-state index in [0.29, 0.717) is 10.0 Å². The van der Waals surface area contributed by atoms with Crippen molar-refractivity contribution in [1.29, 1.82) is 0 Å². The maximum absolute atomic E-state index is 11.8. The van der Waals surface area contributed by atoms with Crippen molar-refractivity contribution in [2.45, 2.75) is 17.4 Å². The van der Waals surface area contributed by atoms with Crippen LogP contribution in [-0.4, -0.2) is 29.0 Å². The molecule has 1 heterocycles. The molecule has 2 nitrogen and oxygen atoms in total. The number of hydrogen-bond donors (Lipinski definition) is 0. The van der Waals surface area contributed by atoms with Crippen molar-refractivity contribution >= 4 is 34.0 Å². The van der Waals surface area contributed by atoms with Crippen molar-refractivity contribution < 1.29 is 4.21 Å². The van der Waals surface area contributed by atoms with Crippen molar-refractivity contribution in [3.05, 3.63) is 63.1 Å². The van der Waals surface area contributed by atoms with Gasteiger partial charge in [0.25, 0.3) is 0 Å². The standard InChI is InChI=1S/C17H17Cl2NOS/c1-20-9-15(11-4-3-5-13(6-11)22(2)21)14-7-12(18)8-17(19)16(14)10-20/h3-8,15H,9-10H2,1-2H3. The molecule has 0 bridgehead atoms. The van der Waals surface area contributed by atoms with E-state index in [4.69, 9.17) is 23.2 Å². The summed E-state index contributed by atoms with van der Waals surface area (Å²) in [6, 6.07) is 11.8. The zero-order valence-electron chi connectivity index (χ0n) is 12.5. The second kappa shape index (κ2) is 6.32. The van der Waals surface area contributed by atoms with Crippen molar-refractivity contribution in [2.24, 2.45) is 0 Å². The Morgan fingerprint density at radius 3 is 2.73 bits per heavy atom. The average Bonchev–Trinajstić information content (AvgIpc) is 2.47. The first-order valence-electron chi connectivity index (χ1n) is 7.05. The van der Waals surface area contributed by atoms with Crippen LogP contribution in [0.4, 0.5) is 0 Å². The number of likely N-dealkylation sites (N-methyl/N-ethyl adjacent to an activating group) is 1. The molecule has 0 saturated heterocycles. The minimum atomic E-state index is -0.985.